The Kier molecular flexibility index (Phi) is 5.26. The second-order valence-electron chi connectivity index (χ2n) is 7.21. The first-order valence-corrected chi connectivity index (χ1v) is 11.2. The van der Waals surface area contributed by atoms with Crippen molar-refractivity contribution < 1.29 is 26.3 Å². The first-order valence-electron chi connectivity index (χ1n) is 9.32. The van der Waals surface area contributed by atoms with Gasteiger partial charge in [-0.25, -0.2) is 8.42 Å². The molecule has 0 atom stereocenters. The number of hydrogen-bond donors (Lipinski definition) is 1. The quantitative estimate of drug-likeness (QED) is 0.575. The zero-order valence-corrected chi connectivity index (χ0v) is 17.2. The lowest BCUT2D eigenvalue weighted by atomic mass is 9.92. The Morgan fingerprint density at radius 3 is 2.48 bits per heavy atom. The number of ether oxygens (including phenoxy) is 1. The third kappa shape index (κ3) is 4.74. The van der Waals surface area contributed by atoms with Gasteiger partial charge in [-0.1, -0.05) is 42.5 Å². The van der Waals surface area contributed by atoms with E-state index in [0.717, 1.165) is 29.5 Å². The maximum absolute atomic E-state index is 13.2. The van der Waals surface area contributed by atoms with Crippen LogP contribution in [0, 0.1) is 0 Å². The molecule has 0 amide bonds. The summed E-state index contributed by atoms with van der Waals surface area (Å²) in [6.45, 7) is 0.136. The minimum atomic E-state index is -4.48. The van der Waals surface area contributed by atoms with Gasteiger partial charge in [0.2, 0.25) is 10.0 Å². The highest BCUT2D eigenvalue weighted by Crippen LogP contribution is 2.41. The molecular formula is C23H18F3NO3S. The van der Waals surface area contributed by atoms with Crippen molar-refractivity contribution in [3.63, 3.8) is 0 Å². The highest BCUT2D eigenvalue weighted by atomic mass is 32.2. The summed E-state index contributed by atoms with van der Waals surface area (Å²) in [7, 11) is -3.45. The van der Waals surface area contributed by atoms with E-state index in [1.807, 2.05) is 30.3 Å². The van der Waals surface area contributed by atoms with Crippen LogP contribution in [0.15, 0.2) is 66.7 Å². The maximum Gasteiger partial charge on any atom is 0.416 e. The third-order valence-electron chi connectivity index (χ3n) is 4.79. The van der Waals surface area contributed by atoms with Gasteiger partial charge < -0.3 is 4.74 Å². The van der Waals surface area contributed by atoms with E-state index in [-0.39, 0.29) is 12.4 Å². The summed E-state index contributed by atoms with van der Waals surface area (Å²) >= 11 is 0. The van der Waals surface area contributed by atoms with Crippen LogP contribution in [0.3, 0.4) is 0 Å². The van der Waals surface area contributed by atoms with Crippen molar-refractivity contribution in [1.29, 1.82) is 0 Å². The number of anilines is 1. The van der Waals surface area contributed by atoms with Crippen LogP contribution in [0.4, 0.5) is 18.9 Å². The minimum Gasteiger partial charge on any atom is -0.488 e. The van der Waals surface area contributed by atoms with E-state index in [4.69, 9.17) is 4.74 Å². The average Bonchev–Trinajstić information content (AvgIpc) is 2.83. The standard InChI is InChI=1S/C23H18F3NO3S/c1-31(28,29)27-18-7-4-5-15(11-18)12-21-19-8-3-2-6-16(19)14-30-22-13-17(23(24,25)26)9-10-20(21)22/h2-13,27H,14H2,1H3. The Labute approximate surface area is 178 Å². The molecule has 0 radical (unpaired) electrons. The van der Waals surface area contributed by atoms with Crippen LogP contribution in [0.5, 0.6) is 5.75 Å². The molecule has 0 bridgehead atoms. The second-order valence-corrected chi connectivity index (χ2v) is 8.96. The highest BCUT2D eigenvalue weighted by molar-refractivity contribution is 7.92. The predicted octanol–water partition coefficient (Wildman–Crippen LogP) is 5.56. The number of rotatable bonds is 3. The van der Waals surface area contributed by atoms with E-state index in [1.54, 1.807) is 24.3 Å². The molecule has 0 aliphatic carbocycles. The smallest absolute Gasteiger partial charge is 0.416 e. The molecule has 0 saturated carbocycles. The maximum atomic E-state index is 13.2. The van der Waals surface area contributed by atoms with E-state index in [9.17, 15) is 21.6 Å². The molecule has 1 N–H and O–H groups in total. The van der Waals surface area contributed by atoms with Crippen LogP contribution in [-0.2, 0) is 22.8 Å². The number of fused-ring (bicyclic) bond motifs is 2. The summed E-state index contributed by atoms with van der Waals surface area (Å²) in [5.74, 6) is 0.141. The van der Waals surface area contributed by atoms with Gasteiger partial charge in [-0.3, -0.25) is 4.72 Å². The zero-order chi connectivity index (χ0) is 22.2. The summed E-state index contributed by atoms with van der Waals surface area (Å²) in [6, 6.07) is 17.7. The highest BCUT2D eigenvalue weighted by Gasteiger charge is 2.32. The van der Waals surface area contributed by atoms with Gasteiger partial charge in [0.15, 0.2) is 0 Å². The molecule has 160 valence electrons. The van der Waals surface area contributed by atoms with Crippen molar-refractivity contribution >= 4 is 27.4 Å². The van der Waals surface area contributed by atoms with Gasteiger partial charge in [-0.05, 0) is 52.6 Å². The number of alkyl halides is 3. The lowest BCUT2D eigenvalue weighted by Gasteiger charge is -2.14. The van der Waals surface area contributed by atoms with Gasteiger partial charge in [0.25, 0.3) is 0 Å². The van der Waals surface area contributed by atoms with E-state index < -0.39 is 21.8 Å². The van der Waals surface area contributed by atoms with Crippen molar-refractivity contribution in [1.82, 2.24) is 0 Å². The molecule has 3 aromatic carbocycles. The average molecular weight is 445 g/mol. The largest absolute Gasteiger partial charge is 0.488 e. The Morgan fingerprint density at radius 2 is 1.74 bits per heavy atom. The number of halogens is 3. The Hall–Kier alpha value is -3.26. The molecule has 1 aliphatic heterocycles. The molecule has 0 aromatic heterocycles. The molecular weight excluding hydrogens is 427 g/mol. The second kappa shape index (κ2) is 7.77. The summed E-state index contributed by atoms with van der Waals surface area (Å²) in [5, 5.41) is 0. The number of hydrogen-bond acceptors (Lipinski definition) is 3. The molecule has 0 spiro atoms. The number of nitrogens with one attached hydrogen (secondary N) is 1. The lowest BCUT2D eigenvalue weighted by Crippen LogP contribution is -2.09. The van der Waals surface area contributed by atoms with Crippen LogP contribution >= 0.6 is 0 Å². The van der Waals surface area contributed by atoms with Gasteiger partial charge in [-0.15, -0.1) is 0 Å². The first-order chi connectivity index (χ1) is 14.6. The lowest BCUT2D eigenvalue weighted by molar-refractivity contribution is -0.137. The normalized spacial score (nSPS) is 14.9. The zero-order valence-electron chi connectivity index (χ0n) is 16.4. The molecule has 3 aromatic rings. The first kappa shape index (κ1) is 21.0. The molecule has 1 aliphatic rings. The SMILES string of the molecule is CS(=O)(=O)Nc1cccc(C=C2c3ccccc3COc3cc(C(F)(F)F)ccc32)c1. The van der Waals surface area contributed by atoms with E-state index in [0.29, 0.717) is 22.4 Å². The van der Waals surface area contributed by atoms with Gasteiger partial charge in [0, 0.05) is 11.3 Å². The summed E-state index contributed by atoms with van der Waals surface area (Å²) in [4.78, 5) is 0. The molecule has 31 heavy (non-hydrogen) atoms. The van der Waals surface area contributed by atoms with Crippen LogP contribution in [-0.4, -0.2) is 14.7 Å². The van der Waals surface area contributed by atoms with Crippen molar-refractivity contribution in [2.24, 2.45) is 0 Å². The van der Waals surface area contributed by atoms with Gasteiger partial charge in [0.1, 0.15) is 12.4 Å². The predicted molar refractivity (Wildman–Crippen MR) is 114 cm³/mol. The monoisotopic (exact) mass is 445 g/mol. The van der Waals surface area contributed by atoms with E-state index >= 15 is 0 Å². The summed E-state index contributed by atoms with van der Waals surface area (Å²) < 4.78 is 70.9. The number of benzene rings is 3. The Balaban J connectivity index is 1.88. The molecule has 0 fully saturated rings. The number of sulfonamides is 1. The van der Waals surface area contributed by atoms with Crippen LogP contribution in [0.25, 0.3) is 11.6 Å². The summed E-state index contributed by atoms with van der Waals surface area (Å²) in [5.41, 5.74) is 3.18. The Morgan fingerprint density at radius 1 is 0.968 bits per heavy atom. The molecule has 0 saturated heterocycles. The minimum absolute atomic E-state index is 0.136. The van der Waals surface area contributed by atoms with Gasteiger partial charge >= 0.3 is 6.18 Å². The molecule has 1 heterocycles. The van der Waals surface area contributed by atoms with Crippen LogP contribution < -0.4 is 9.46 Å². The molecule has 4 rings (SSSR count). The fraction of sp³-hybridized carbons (Fsp3) is 0.130. The van der Waals surface area contributed by atoms with E-state index in [2.05, 4.69) is 4.72 Å². The van der Waals surface area contributed by atoms with Crippen LogP contribution in [0.1, 0.15) is 27.8 Å². The van der Waals surface area contributed by atoms with Crippen molar-refractivity contribution in [2.45, 2.75) is 12.8 Å². The summed E-state index contributed by atoms with van der Waals surface area (Å²) in [6.07, 6.45) is -1.61. The molecule has 8 heteroatoms. The third-order valence-corrected chi connectivity index (χ3v) is 5.40. The molecule has 0 unspecified atom stereocenters. The Bertz CT molecular complexity index is 1280. The van der Waals surface area contributed by atoms with Crippen molar-refractivity contribution in [3.8, 4) is 5.75 Å². The van der Waals surface area contributed by atoms with E-state index in [1.165, 1.54) is 6.07 Å². The van der Waals surface area contributed by atoms with Crippen molar-refractivity contribution in [3.05, 3.63) is 94.5 Å². The van der Waals surface area contributed by atoms with Gasteiger partial charge in [-0.2, -0.15) is 13.2 Å². The van der Waals surface area contributed by atoms with Gasteiger partial charge in [0.05, 0.1) is 11.8 Å². The van der Waals surface area contributed by atoms with Crippen molar-refractivity contribution in [2.75, 3.05) is 11.0 Å². The fourth-order valence-electron chi connectivity index (χ4n) is 3.48. The topological polar surface area (TPSA) is 55.4 Å². The fourth-order valence-corrected chi connectivity index (χ4v) is 4.03. The molecule has 4 nitrogen and oxygen atoms in total. The van der Waals surface area contributed by atoms with Crippen LogP contribution in [0.2, 0.25) is 0 Å².